The number of aromatic amines is 1. The number of nitrogen functional groups attached to an aromatic ring is 1. The van der Waals surface area contributed by atoms with E-state index in [2.05, 4.69) is 31.0 Å². The van der Waals surface area contributed by atoms with Crippen molar-refractivity contribution in [1.82, 2.24) is 19.5 Å². The third kappa shape index (κ3) is 4.04. The highest BCUT2D eigenvalue weighted by Gasteiger charge is 2.26. The number of ether oxygens (including phenoxy) is 1. The summed E-state index contributed by atoms with van der Waals surface area (Å²) in [4.78, 5) is 33.8. The van der Waals surface area contributed by atoms with Crippen molar-refractivity contribution in [3.05, 3.63) is 35.8 Å². The van der Waals surface area contributed by atoms with Gasteiger partial charge in [-0.15, -0.1) is 0 Å². The lowest BCUT2D eigenvalue weighted by Gasteiger charge is -2.16. The predicted octanol–water partition coefficient (Wildman–Crippen LogP) is 0.185. The van der Waals surface area contributed by atoms with Gasteiger partial charge in [-0.25, -0.2) is 19.1 Å². The number of imidazole rings is 1. The summed E-state index contributed by atoms with van der Waals surface area (Å²) in [5, 5.41) is 8.25. The molecule has 3 heterocycles. The minimum absolute atomic E-state index is 0.204. The van der Waals surface area contributed by atoms with Crippen molar-refractivity contribution in [3.8, 4) is 5.75 Å². The molecule has 0 radical (unpaired) electrons. The Labute approximate surface area is 184 Å². The topological polar surface area (TPSA) is 146 Å². The van der Waals surface area contributed by atoms with E-state index >= 15 is 0 Å². The molecule has 0 unspecified atom stereocenters. The number of aryl methyl sites for hydroxylation is 3. The third-order valence-corrected chi connectivity index (χ3v) is 5.16. The predicted molar refractivity (Wildman–Crippen MR) is 117 cm³/mol. The van der Waals surface area contributed by atoms with Gasteiger partial charge in [-0.3, -0.25) is 9.69 Å². The van der Waals surface area contributed by atoms with Gasteiger partial charge in [0.05, 0.1) is 20.7 Å². The molecule has 32 heavy (non-hydrogen) atoms. The summed E-state index contributed by atoms with van der Waals surface area (Å²) < 4.78 is 9.59. The number of carboxylic acid groups (broad SMARTS) is 1. The van der Waals surface area contributed by atoms with Crippen LogP contribution in [0.25, 0.3) is 22.2 Å². The van der Waals surface area contributed by atoms with Crippen molar-refractivity contribution < 1.29 is 24.0 Å². The van der Waals surface area contributed by atoms with Gasteiger partial charge in [0.25, 0.3) is 5.82 Å². The van der Waals surface area contributed by atoms with Gasteiger partial charge in [0.1, 0.15) is 17.8 Å². The summed E-state index contributed by atoms with van der Waals surface area (Å²) in [6, 6.07) is 7.81. The Morgan fingerprint density at radius 3 is 2.66 bits per heavy atom. The monoisotopic (exact) mass is 439 g/mol. The van der Waals surface area contributed by atoms with Gasteiger partial charge in [0.15, 0.2) is 28.3 Å². The molecule has 0 bridgehead atoms. The number of anilines is 2. The van der Waals surface area contributed by atoms with E-state index in [0.717, 1.165) is 41.3 Å². The number of hydrogen-bond acceptors (Lipinski definition) is 7. The number of hydrogen-bond donors (Lipinski definition) is 2. The Balaban J connectivity index is 0.000000913. The second-order valence-electron chi connectivity index (χ2n) is 7.02. The van der Waals surface area contributed by atoms with Crippen LogP contribution in [-0.4, -0.2) is 39.5 Å². The molecule has 0 saturated carbocycles. The van der Waals surface area contributed by atoms with Crippen molar-refractivity contribution in [2.24, 2.45) is 7.05 Å². The van der Waals surface area contributed by atoms with Crippen LogP contribution in [0.15, 0.2) is 24.3 Å². The maximum Gasteiger partial charge on any atom is 0.277 e. The van der Waals surface area contributed by atoms with E-state index < -0.39 is 6.47 Å². The molecule has 0 aliphatic carbocycles. The molecule has 0 saturated heterocycles. The summed E-state index contributed by atoms with van der Waals surface area (Å²) >= 11 is 0. The average Bonchev–Trinajstić information content (AvgIpc) is 3.27. The van der Waals surface area contributed by atoms with Gasteiger partial charge in [-0.1, -0.05) is 0 Å². The number of nitrogens with one attached hydrogen (secondary N) is 1. The lowest BCUT2D eigenvalue weighted by molar-refractivity contribution is -0.653. The lowest BCUT2D eigenvalue weighted by atomic mass is 10.3. The van der Waals surface area contributed by atoms with Crippen LogP contribution in [0.5, 0.6) is 5.75 Å². The van der Waals surface area contributed by atoms with E-state index in [0.29, 0.717) is 23.5 Å². The van der Waals surface area contributed by atoms with Gasteiger partial charge < -0.3 is 25.4 Å². The highest BCUT2D eigenvalue weighted by Crippen LogP contribution is 2.25. The van der Waals surface area contributed by atoms with E-state index in [1.165, 1.54) is 4.90 Å². The van der Waals surface area contributed by atoms with Crippen molar-refractivity contribution in [3.63, 3.8) is 0 Å². The van der Waals surface area contributed by atoms with Gasteiger partial charge >= 0.3 is 0 Å². The Kier molecular flexibility index (Phi) is 6.57. The second kappa shape index (κ2) is 9.33. The van der Waals surface area contributed by atoms with Crippen molar-refractivity contribution in [1.29, 1.82) is 0 Å². The van der Waals surface area contributed by atoms with E-state index in [1.54, 1.807) is 7.11 Å². The molecule has 0 aliphatic rings. The molecule has 3 aromatic heterocycles. The number of nitrogens with zero attached hydrogens (tertiary/aromatic N) is 5. The number of rotatable bonds is 6. The van der Waals surface area contributed by atoms with Crippen LogP contribution in [0, 0.1) is 6.92 Å². The Morgan fingerprint density at radius 1 is 1.31 bits per heavy atom. The first-order chi connectivity index (χ1) is 15.4. The zero-order chi connectivity index (χ0) is 23.4. The van der Waals surface area contributed by atoms with E-state index in [9.17, 15) is 4.79 Å². The van der Waals surface area contributed by atoms with Crippen LogP contribution in [0.2, 0.25) is 0 Å². The number of H-pyrrole nitrogens is 1. The molecule has 0 fully saturated rings. The van der Waals surface area contributed by atoms with Crippen LogP contribution < -0.4 is 25.0 Å². The zero-order valence-electron chi connectivity index (χ0n) is 18.3. The van der Waals surface area contributed by atoms with E-state index in [-0.39, 0.29) is 5.82 Å². The minimum Gasteiger partial charge on any atom is -0.554 e. The van der Waals surface area contributed by atoms with Crippen LogP contribution in [-0.2, 0) is 29.7 Å². The molecule has 0 spiro atoms. The number of fused-ring (bicyclic) bond motifs is 2. The first-order valence-corrected chi connectivity index (χ1v) is 9.83. The molecular weight excluding hydrogens is 414 g/mol. The SMILES string of the molecule is CCn1c(CN(C=O)c2nc3cc(C)[nH]c3nc2N)[n+](C)c2ccc(OC)cc21.O=C[O-]. The Hall–Kier alpha value is -4.15. The quantitative estimate of drug-likeness (QED) is 0.322. The molecule has 11 nitrogen and oxygen atoms in total. The van der Waals surface area contributed by atoms with Gasteiger partial charge in [-0.05, 0) is 32.0 Å². The fourth-order valence-corrected chi connectivity index (χ4v) is 3.73. The summed E-state index contributed by atoms with van der Waals surface area (Å²) in [5.74, 6) is 2.27. The first kappa shape index (κ1) is 22.5. The van der Waals surface area contributed by atoms with Crippen LogP contribution in [0.3, 0.4) is 0 Å². The molecule has 11 heteroatoms. The van der Waals surface area contributed by atoms with Gasteiger partial charge in [-0.2, -0.15) is 0 Å². The smallest absolute Gasteiger partial charge is 0.277 e. The number of carbonyl (C=O) groups excluding carboxylic acids is 2. The largest absolute Gasteiger partial charge is 0.554 e. The number of carbonyl (C=O) groups is 2. The minimum atomic E-state index is -0.500. The van der Waals surface area contributed by atoms with Crippen molar-refractivity contribution >= 4 is 46.7 Å². The fourth-order valence-electron chi connectivity index (χ4n) is 3.73. The van der Waals surface area contributed by atoms with Gasteiger partial charge in [0.2, 0.25) is 6.41 Å². The summed E-state index contributed by atoms with van der Waals surface area (Å²) in [5.41, 5.74) is 10.4. The third-order valence-electron chi connectivity index (χ3n) is 5.16. The average molecular weight is 439 g/mol. The maximum atomic E-state index is 12.0. The number of nitrogens with two attached hydrogens (primary N) is 1. The highest BCUT2D eigenvalue weighted by molar-refractivity contribution is 5.84. The van der Waals surface area contributed by atoms with Crippen LogP contribution in [0.4, 0.5) is 11.6 Å². The molecule has 4 aromatic rings. The zero-order valence-corrected chi connectivity index (χ0v) is 18.3. The molecule has 168 valence electrons. The summed E-state index contributed by atoms with van der Waals surface area (Å²) in [7, 11) is 3.63. The second-order valence-corrected chi connectivity index (χ2v) is 7.02. The van der Waals surface area contributed by atoms with Gasteiger partial charge in [0, 0.05) is 18.2 Å². The number of methoxy groups -OCH3 is 1. The molecule has 1 amide bonds. The lowest BCUT2D eigenvalue weighted by Crippen LogP contribution is -2.38. The normalized spacial score (nSPS) is 10.6. The molecular formula is C21H25N7O4. The number of aromatic nitrogens is 5. The molecule has 0 atom stereocenters. The van der Waals surface area contributed by atoms with Crippen molar-refractivity contribution in [2.75, 3.05) is 17.7 Å². The molecule has 4 rings (SSSR count). The van der Waals surface area contributed by atoms with E-state index in [4.69, 9.17) is 20.4 Å². The molecule has 1 aromatic carbocycles. The van der Waals surface area contributed by atoms with E-state index in [1.807, 2.05) is 38.2 Å². The fraction of sp³-hybridized carbons (Fsp3) is 0.286. The number of amides is 1. The highest BCUT2D eigenvalue weighted by atomic mass is 16.5. The first-order valence-electron chi connectivity index (χ1n) is 9.83. The molecule has 3 N–H and O–H groups in total. The summed E-state index contributed by atoms with van der Waals surface area (Å²) in [6.45, 7) is 4.53. The maximum absolute atomic E-state index is 12.0. The van der Waals surface area contributed by atoms with Crippen LogP contribution in [0.1, 0.15) is 18.4 Å². The Morgan fingerprint density at radius 2 is 2.03 bits per heavy atom. The Bertz CT molecular complexity index is 1280. The summed E-state index contributed by atoms with van der Waals surface area (Å²) in [6.07, 6.45) is 0.740. The standard InChI is InChI=1S/C20H24N7O2.CH2O2/c1-5-27-16-9-13(29-4)6-7-15(16)25(3)17(27)10-26(11-28)20-18(21)24-19-14(23-20)8-12(2)22-19;2-1-3/h6-9,11H,5,10H2,1-4H3,(H3,21,22,24);1H,(H,2,3)/q+1;/p-1. The number of benzene rings is 1. The molecule has 0 aliphatic heterocycles. The van der Waals surface area contributed by atoms with Crippen molar-refractivity contribution in [2.45, 2.75) is 26.9 Å². The van der Waals surface area contributed by atoms with Crippen LogP contribution >= 0.6 is 0 Å².